The van der Waals surface area contributed by atoms with Crippen molar-refractivity contribution >= 4 is 60.9 Å². The summed E-state index contributed by atoms with van der Waals surface area (Å²) in [7, 11) is 0. The van der Waals surface area contributed by atoms with Crippen molar-refractivity contribution in [2.45, 2.75) is 237 Å². The second-order valence-corrected chi connectivity index (χ2v) is 35.7. The van der Waals surface area contributed by atoms with Crippen LogP contribution in [0.3, 0.4) is 0 Å². The Hall–Kier alpha value is -9.96. The smallest absolute Gasteiger partial charge is 0.144 e. The van der Waals surface area contributed by atoms with Crippen molar-refractivity contribution in [1.29, 1.82) is 0 Å². The zero-order valence-electron chi connectivity index (χ0n) is 67.6. The van der Waals surface area contributed by atoms with E-state index in [2.05, 4.69) is 285 Å². The lowest BCUT2D eigenvalue weighted by atomic mass is 9.62. The van der Waals surface area contributed by atoms with Crippen LogP contribution in [0.5, 0.6) is 0 Å². The van der Waals surface area contributed by atoms with Gasteiger partial charge in [-0.3, -0.25) is 0 Å². The van der Waals surface area contributed by atoms with Gasteiger partial charge in [-0.2, -0.15) is 0 Å². The van der Waals surface area contributed by atoms with Crippen LogP contribution in [-0.2, 0) is 27.1 Å². The van der Waals surface area contributed by atoms with Crippen LogP contribution in [0, 0.1) is 0 Å². The minimum atomic E-state index is -0.525. The molecule has 0 saturated heterocycles. The fourth-order valence-electron chi connectivity index (χ4n) is 23.6. The third-order valence-corrected chi connectivity index (χ3v) is 28.8. The highest BCUT2D eigenvalue weighted by Gasteiger charge is 2.56. The van der Waals surface area contributed by atoms with Crippen molar-refractivity contribution < 1.29 is 8.83 Å². The molecule has 0 unspecified atom stereocenters. The monoisotopic (exact) mass is 1460 g/mol. The molecule has 3 nitrogen and oxygen atoms in total. The highest BCUT2D eigenvalue weighted by molar-refractivity contribution is 6.21. The van der Waals surface area contributed by atoms with Crippen LogP contribution in [0.2, 0.25) is 0 Å². The van der Waals surface area contributed by atoms with Gasteiger partial charge in [0.05, 0.1) is 5.41 Å². The van der Waals surface area contributed by atoms with E-state index in [0.29, 0.717) is 0 Å². The standard InChI is InChI=1S/C109H109NO2/c1-9-13-17-21-37-61-107(62-38-22-18-14-10-2)84-47-31-28-44-78(84)101-103(107)102-99(100-81-46-30-36-52-95(81)112-104(100)101)79-58-55-71(66-92(79)108(102,63-39-23-19-15-11-3)64-40-24-20-16-12-4)110(72-53-56-76-75-43-27-34-50-87(75)109(93(76)67-72)85-48-32-25-41-73(85)74-42-26-33-49-86(74)109)70-54-57-77-82-68-91-83(69-90(82)106(7,8)89(77)65-70)97-88(105(91,5)6)59-60-96-98(97)80-45-29-35-51-94(80)111-96/h25-36,41-60,65-69H,9-24,37-40,61-64H2,1-8H3. The Bertz CT molecular complexity index is 5980. The normalized spacial score (nSPS) is 15.6. The Kier molecular flexibility index (Phi) is 17.6. The highest BCUT2D eigenvalue weighted by atomic mass is 16.3. The predicted octanol–water partition coefficient (Wildman–Crippen LogP) is 31.9. The first-order valence-corrected chi connectivity index (χ1v) is 43.7. The van der Waals surface area contributed by atoms with Crippen LogP contribution >= 0.6 is 0 Å². The number of para-hydroxylation sites is 2. The quantitative estimate of drug-likeness (QED) is 0.0481. The number of furan rings is 2. The van der Waals surface area contributed by atoms with Gasteiger partial charge >= 0.3 is 0 Å². The zero-order chi connectivity index (χ0) is 75.8. The Balaban J connectivity index is 0.845. The molecule has 0 fully saturated rings. The van der Waals surface area contributed by atoms with E-state index >= 15 is 0 Å². The van der Waals surface area contributed by atoms with Gasteiger partial charge in [0.1, 0.15) is 22.3 Å². The number of nitrogens with zero attached hydrogens (tertiary/aromatic N) is 1. The summed E-state index contributed by atoms with van der Waals surface area (Å²) in [6.07, 6.45) is 29.5. The number of hydrogen-bond donors (Lipinski definition) is 0. The number of fused-ring (bicyclic) bond motifs is 32. The summed E-state index contributed by atoms with van der Waals surface area (Å²) in [5, 5.41) is 4.99. The van der Waals surface area contributed by atoms with Gasteiger partial charge in [-0.1, -0.05) is 342 Å². The molecule has 6 aliphatic rings. The van der Waals surface area contributed by atoms with Gasteiger partial charge in [-0.05, 0) is 220 Å². The molecule has 2 heterocycles. The van der Waals surface area contributed by atoms with Gasteiger partial charge in [-0.15, -0.1) is 0 Å². The first-order chi connectivity index (χ1) is 54.9. The number of unbranched alkanes of at least 4 members (excludes halogenated alkanes) is 16. The van der Waals surface area contributed by atoms with E-state index in [-0.39, 0.29) is 21.7 Å². The molecular weight excluding hydrogens is 1360 g/mol. The molecule has 0 atom stereocenters. The van der Waals surface area contributed by atoms with Gasteiger partial charge in [0.15, 0.2) is 0 Å². The number of hydrogen-bond acceptors (Lipinski definition) is 3. The minimum Gasteiger partial charge on any atom is -0.456 e. The van der Waals surface area contributed by atoms with Crippen molar-refractivity contribution in [2.75, 3.05) is 4.90 Å². The van der Waals surface area contributed by atoms with E-state index in [1.807, 2.05) is 0 Å². The molecule has 0 bridgehead atoms. The Morgan fingerprint density at radius 3 is 1.20 bits per heavy atom. The summed E-state index contributed by atoms with van der Waals surface area (Å²) in [5.41, 5.74) is 39.7. The molecule has 0 amide bonds. The number of anilines is 3. The summed E-state index contributed by atoms with van der Waals surface area (Å²) in [4.78, 5) is 2.74. The molecule has 0 aliphatic heterocycles. The van der Waals surface area contributed by atoms with Gasteiger partial charge in [0.2, 0.25) is 0 Å². The summed E-state index contributed by atoms with van der Waals surface area (Å²) in [6.45, 7) is 19.4. The molecule has 3 heteroatoms. The van der Waals surface area contributed by atoms with Crippen molar-refractivity contribution in [2.24, 2.45) is 0 Å². The molecule has 6 aliphatic carbocycles. The van der Waals surface area contributed by atoms with Crippen LogP contribution in [0.1, 0.15) is 276 Å². The molecule has 12 aromatic carbocycles. The lowest BCUT2D eigenvalue weighted by Gasteiger charge is -2.40. The molecule has 562 valence electrons. The van der Waals surface area contributed by atoms with Crippen molar-refractivity contribution in [3.63, 3.8) is 0 Å². The maximum Gasteiger partial charge on any atom is 0.144 e. The highest BCUT2D eigenvalue weighted by Crippen LogP contribution is 2.70. The third kappa shape index (κ3) is 10.3. The first-order valence-electron chi connectivity index (χ1n) is 43.7. The van der Waals surface area contributed by atoms with Gasteiger partial charge in [0, 0.05) is 65.8 Å². The molecule has 20 rings (SSSR count). The van der Waals surface area contributed by atoms with E-state index < -0.39 is 5.41 Å². The van der Waals surface area contributed by atoms with Gasteiger partial charge in [0.25, 0.3) is 0 Å². The molecule has 14 aromatic rings. The van der Waals surface area contributed by atoms with Crippen LogP contribution in [0.15, 0.2) is 233 Å². The van der Waals surface area contributed by atoms with E-state index in [1.54, 1.807) is 16.7 Å². The molecule has 0 radical (unpaired) electrons. The van der Waals surface area contributed by atoms with E-state index in [0.717, 1.165) is 48.0 Å². The summed E-state index contributed by atoms with van der Waals surface area (Å²) < 4.78 is 14.4. The van der Waals surface area contributed by atoms with Crippen molar-refractivity contribution in [3.8, 4) is 66.8 Å². The second kappa shape index (κ2) is 27.7. The van der Waals surface area contributed by atoms with E-state index in [4.69, 9.17) is 8.83 Å². The Morgan fingerprint density at radius 1 is 0.259 bits per heavy atom. The average Bonchev–Trinajstić information content (AvgIpc) is 1.49. The number of rotatable bonds is 27. The third-order valence-electron chi connectivity index (χ3n) is 28.8. The van der Waals surface area contributed by atoms with Crippen LogP contribution in [0.4, 0.5) is 17.1 Å². The SMILES string of the molecule is CCCCCCCC1(CCCCCCC)c2ccccc2-c2c1c1c(c3c2oc2ccccc23)-c2ccc(N(c3ccc4c(c3)C(C)(C)c3cc5c(cc3-4)C(C)(C)c3ccc4oc6ccccc6c4c3-5)c3ccc4c(c3)C3(c5ccccc5-c5ccccc53)c3ccccc3-4)cc2C1(CCCCCCC)CCCCCCC. The molecule has 0 N–H and O–H groups in total. The van der Waals surface area contributed by atoms with Gasteiger partial charge < -0.3 is 13.7 Å². The predicted molar refractivity (Wildman–Crippen MR) is 473 cm³/mol. The van der Waals surface area contributed by atoms with Crippen LogP contribution in [-0.4, -0.2) is 0 Å². The molecular formula is C109H109NO2. The van der Waals surface area contributed by atoms with Gasteiger partial charge in [-0.25, -0.2) is 0 Å². The van der Waals surface area contributed by atoms with E-state index in [1.165, 1.54) is 284 Å². The molecule has 0 saturated carbocycles. The molecule has 112 heavy (non-hydrogen) atoms. The van der Waals surface area contributed by atoms with Crippen molar-refractivity contribution in [1.82, 2.24) is 0 Å². The summed E-state index contributed by atoms with van der Waals surface area (Å²) in [6, 6.07) is 88.8. The summed E-state index contributed by atoms with van der Waals surface area (Å²) in [5.74, 6) is 0. The maximum absolute atomic E-state index is 7.68. The summed E-state index contributed by atoms with van der Waals surface area (Å²) >= 11 is 0. The van der Waals surface area contributed by atoms with E-state index in [9.17, 15) is 0 Å². The second-order valence-electron chi connectivity index (χ2n) is 35.7. The maximum atomic E-state index is 7.68. The Morgan fingerprint density at radius 2 is 0.643 bits per heavy atom. The van der Waals surface area contributed by atoms with Crippen LogP contribution in [0.25, 0.3) is 111 Å². The largest absolute Gasteiger partial charge is 0.456 e. The Labute approximate surface area is 664 Å². The topological polar surface area (TPSA) is 29.5 Å². The molecule has 2 aromatic heterocycles. The van der Waals surface area contributed by atoms with Crippen molar-refractivity contribution in [3.05, 3.63) is 291 Å². The average molecular weight is 1470 g/mol. The number of benzene rings is 12. The first kappa shape index (κ1) is 71.1. The fraction of sp³-hybridized carbons (Fsp3) is 0.339. The zero-order valence-corrected chi connectivity index (χ0v) is 67.6. The lowest BCUT2D eigenvalue weighted by molar-refractivity contribution is 0.369. The minimum absolute atomic E-state index is 0.183. The fourth-order valence-corrected chi connectivity index (χ4v) is 23.6. The molecule has 1 spiro atoms. The lowest BCUT2D eigenvalue weighted by Crippen LogP contribution is -2.33. The van der Waals surface area contributed by atoms with Crippen LogP contribution < -0.4 is 4.90 Å².